The normalized spacial score (nSPS) is 12.6. The van der Waals surface area contributed by atoms with Gasteiger partial charge in [0.1, 0.15) is 0 Å². The summed E-state index contributed by atoms with van der Waals surface area (Å²) < 4.78 is 0. The van der Waals surface area contributed by atoms with Gasteiger partial charge in [-0.3, -0.25) is 5.43 Å². The smallest absolute Gasteiger partial charge is 0.165 e. The fourth-order valence-electron chi connectivity index (χ4n) is 1.44. The monoisotopic (exact) mass is 243 g/mol. The molecule has 0 radical (unpaired) electrons. The van der Waals surface area contributed by atoms with Crippen LogP contribution >= 0.6 is 0 Å². The van der Waals surface area contributed by atoms with Crippen LogP contribution in [0.4, 0.5) is 11.4 Å². The molecule has 1 unspecified atom stereocenters. The van der Waals surface area contributed by atoms with Gasteiger partial charge in [0.05, 0.1) is 11.9 Å². The SMILES string of the molecule is [O-][NH+](O)c1cccc(NN=Cc2ccccc2)c1. The number of anilines is 1. The Labute approximate surface area is 105 Å². The minimum absolute atomic E-state index is 0.231. The van der Waals surface area contributed by atoms with Gasteiger partial charge in [-0.2, -0.15) is 10.3 Å². The van der Waals surface area contributed by atoms with Crippen LogP contribution in [0.3, 0.4) is 0 Å². The Kier molecular flexibility index (Phi) is 4.03. The zero-order valence-electron chi connectivity index (χ0n) is 9.58. The lowest BCUT2D eigenvalue weighted by Gasteiger charge is -2.11. The van der Waals surface area contributed by atoms with E-state index in [2.05, 4.69) is 10.5 Å². The van der Waals surface area contributed by atoms with Crippen molar-refractivity contribution in [2.24, 2.45) is 5.10 Å². The van der Waals surface area contributed by atoms with E-state index in [9.17, 15) is 5.21 Å². The molecule has 3 N–H and O–H groups in total. The predicted molar refractivity (Wildman–Crippen MR) is 69.9 cm³/mol. The molecule has 2 aromatic rings. The Bertz CT molecular complexity index is 527. The molecule has 5 nitrogen and oxygen atoms in total. The average molecular weight is 243 g/mol. The highest BCUT2D eigenvalue weighted by Crippen LogP contribution is 2.11. The van der Waals surface area contributed by atoms with Crippen molar-refractivity contribution in [1.82, 2.24) is 0 Å². The summed E-state index contributed by atoms with van der Waals surface area (Å²) in [5.41, 5.74) is 4.64. The molecule has 1 atom stereocenters. The zero-order valence-corrected chi connectivity index (χ0v) is 9.58. The molecule has 18 heavy (non-hydrogen) atoms. The molecule has 0 fully saturated rings. The fraction of sp³-hybridized carbons (Fsp3) is 0. The van der Waals surface area contributed by atoms with Gasteiger partial charge in [0.25, 0.3) is 0 Å². The molecular formula is C13H13N3O2. The molecule has 0 saturated carbocycles. The Morgan fingerprint density at radius 3 is 2.61 bits per heavy atom. The van der Waals surface area contributed by atoms with Crippen molar-refractivity contribution in [2.75, 3.05) is 5.43 Å². The quantitative estimate of drug-likeness (QED) is 0.563. The number of nitrogens with zero attached hydrogens (tertiary/aromatic N) is 1. The van der Waals surface area contributed by atoms with Crippen LogP contribution in [-0.4, -0.2) is 11.4 Å². The number of hydrogen-bond acceptors (Lipinski definition) is 4. The number of hydrazone groups is 1. The molecule has 0 aromatic heterocycles. The number of nitrogens with one attached hydrogen (secondary N) is 2. The second-order valence-electron chi connectivity index (χ2n) is 3.67. The first-order valence-electron chi connectivity index (χ1n) is 5.43. The summed E-state index contributed by atoms with van der Waals surface area (Å²) in [6.07, 6.45) is 1.67. The molecular weight excluding hydrogens is 230 g/mol. The van der Waals surface area contributed by atoms with Crippen molar-refractivity contribution in [3.8, 4) is 0 Å². The molecule has 0 saturated heterocycles. The Balaban J connectivity index is 2.02. The van der Waals surface area contributed by atoms with Crippen LogP contribution in [0.5, 0.6) is 0 Å². The predicted octanol–water partition coefficient (Wildman–Crippen LogP) is 1.54. The summed E-state index contributed by atoms with van der Waals surface area (Å²) in [4.78, 5) is 0. The molecule has 0 aliphatic carbocycles. The largest absolute Gasteiger partial charge is 0.595 e. The van der Waals surface area contributed by atoms with Gasteiger partial charge in [0.2, 0.25) is 0 Å². The summed E-state index contributed by atoms with van der Waals surface area (Å²) in [7, 11) is 0. The van der Waals surface area contributed by atoms with E-state index in [0.29, 0.717) is 5.69 Å². The molecule has 0 aliphatic rings. The van der Waals surface area contributed by atoms with Gasteiger partial charge >= 0.3 is 0 Å². The first-order valence-corrected chi connectivity index (χ1v) is 5.43. The maximum atomic E-state index is 10.8. The van der Waals surface area contributed by atoms with Gasteiger partial charge in [-0.15, -0.1) is 0 Å². The molecule has 92 valence electrons. The second kappa shape index (κ2) is 5.92. The topological polar surface area (TPSA) is 72.1 Å². The van der Waals surface area contributed by atoms with Gasteiger partial charge in [0, 0.05) is 12.1 Å². The van der Waals surface area contributed by atoms with Crippen LogP contribution in [0.15, 0.2) is 59.7 Å². The van der Waals surface area contributed by atoms with Crippen molar-refractivity contribution in [3.05, 3.63) is 65.4 Å². The van der Waals surface area contributed by atoms with Crippen molar-refractivity contribution < 1.29 is 10.4 Å². The molecule has 2 rings (SSSR count). The van der Waals surface area contributed by atoms with E-state index in [1.807, 2.05) is 30.3 Å². The molecule has 0 aliphatic heterocycles. The van der Waals surface area contributed by atoms with Crippen molar-refractivity contribution in [1.29, 1.82) is 0 Å². The minimum atomic E-state index is -0.953. The van der Waals surface area contributed by atoms with E-state index in [0.717, 1.165) is 5.56 Å². The number of rotatable bonds is 4. The van der Waals surface area contributed by atoms with Gasteiger partial charge in [-0.25, -0.2) is 5.21 Å². The first-order chi connectivity index (χ1) is 8.75. The summed E-state index contributed by atoms with van der Waals surface area (Å²) in [5.74, 6) is 0. The third kappa shape index (κ3) is 3.39. The van der Waals surface area contributed by atoms with Gasteiger partial charge in [-0.1, -0.05) is 36.4 Å². The van der Waals surface area contributed by atoms with Crippen LogP contribution < -0.4 is 10.7 Å². The Morgan fingerprint density at radius 2 is 1.89 bits per heavy atom. The minimum Gasteiger partial charge on any atom is -0.595 e. The molecule has 0 bridgehead atoms. The van der Waals surface area contributed by atoms with Crippen LogP contribution in [0.1, 0.15) is 5.56 Å². The van der Waals surface area contributed by atoms with E-state index in [-0.39, 0.29) is 5.69 Å². The summed E-state index contributed by atoms with van der Waals surface area (Å²) in [5, 5.41) is 22.7. The maximum absolute atomic E-state index is 10.8. The Hall–Kier alpha value is -2.21. The van der Waals surface area contributed by atoms with E-state index in [1.54, 1.807) is 18.3 Å². The van der Waals surface area contributed by atoms with Crippen molar-refractivity contribution in [3.63, 3.8) is 0 Å². The van der Waals surface area contributed by atoms with E-state index < -0.39 is 5.23 Å². The summed E-state index contributed by atoms with van der Waals surface area (Å²) >= 11 is 0. The van der Waals surface area contributed by atoms with Crippen LogP contribution in [-0.2, 0) is 0 Å². The molecule has 5 heteroatoms. The molecule has 0 amide bonds. The van der Waals surface area contributed by atoms with Crippen LogP contribution in [0, 0.1) is 5.21 Å². The number of hydrogen-bond donors (Lipinski definition) is 3. The molecule has 0 heterocycles. The summed E-state index contributed by atoms with van der Waals surface area (Å²) in [6, 6.07) is 16.1. The van der Waals surface area contributed by atoms with Crippen molar-refractivity contribution >= 4 is 17.6 Å². The average Bonchev–Trinajstić information content (AvgIpc) is 2.40. The highest BCUT2D eigenvalue weighted by atomic mass is 16.8. The van der Waals surface area contributed by atoms with Crippen LogP contribution in [0.25, 0.3) is 0 Å². The number of benzene rings is 2. The number of quaternary nitrogens is 1. The van der Waals surface area contributed by atoms with Gasteiger partial charge in [0.15, 0.2) is 5.69 Å². The highest BCUT2D eigenvalue weighted by molar-refractivity contribution is 5.80. The standard InChI is InChI=1S/C13H13N3O2/c17-16(18)13-8-4-7-12(9-13)15-14-10-11-5-2-1-3-6-11/h1-10,15-17H. The fourth-order valence-corrected chi connectivity index (χ4v) is 1.44. The Morgan fingerprint density at radius 1 is 1.11 bits per heavy atom. The van der Waals surface area contributed by atoms with Crippen LogP contribution in [0.2, 0.25) is 0 Å². The lowest BCUT2D eigenvalue weighted by Crippen LogP contribution is -2.99. The third-order valence-corrected chi connectivity index (χ3v) is 2.32. The van der Waals surface area contributed by atoms with Gasteiger partial charge < -0.3 is 5.21 Å². The molecule has 0 spiro atoms. The van der Waals surface area contributed by atoms with Crippen molar-refractivity contribution in [2.45, 2.75) is 0 Å². The van der Waals surface area contributed by atoms with E-state index in [1.165, 1.54) is 12.1 Å². The van der Waals surface area contributed by atoms with E-state index in [4.69, 9.17) is 5.21 Å². The highest BCUT2D eigenvalue weighted by Gasteiger charge is 1.99. The lowest BCUT2D eigenvalue weighted by molar-refractivity contribution is -0.991. The summed E-state index contributed by atoms with van der Waals surface area (Å²) in [6.45, 7) is 0. The van der Waals surface area contributed by atoms with Gasteiger partial charge in [-0.05, 0) is 11.6 Å². The van der Waals surface area contributed by atoms with E-state index >= 15 is 0 Å². The third-order valence-electron chi connectivity index (χ3n) is 2.32. The second-order valence-corrected chi connectivity index (χ2v) is 3.67. The lowest BCUT2D eigenvalue weighted by atomic mass is 10.2. The molecule has 2 aromatic carbocycles. The zero-order chi connectivity index (χ0) is 12.8. The first kappa shape index (κ1) is 12.3. The maximum Gasteiger partial charge on any atom is 0.165 e.